The van der Waals surface area contributed by atoms with E-state index in [0.29, 0.717) is 12.4 Å². The van der Waals surface area contributed by atoms with Gasteiger partial charge in [-0.2, -0.15) is 0 Å². The highest BCUT2D eigenvalue weighted by atomic mass is 35.5. The van der Waals surface area contributed by atoms with Gasteiger partial charge in [-0.25, -0.2) is 4.39 Å². The third-order valence-corrected chi connectivity index (χ3v) is 2.79. The summed E-state index contributed by atoms with van der Waals surface area (Å²) >= 11 is 5.57. The standard InChI is InChI=1S/C12H14ClFN2O3/c1-8(2-3-13)7-15-12(17)9-4-10(14)6-11(5-9)16(18)19/h4-6,8H,2-3,7H2,1H3,(H,15,17). The Balaban J connectivity index is 2.74. The second-order valence-corrected chi connectivity index (χ2v) is 4.63. The van der Waals surface area contributed by atoms with Gasteiger partial charge in [0.2, 0.25) is 0 Å². The number of nitrogens with one attached hydrogen (secondary N) is 1. The number of nitro groups is 1. The lowest BCUT2D eigenvalue weighted by Crippen LogP contribution is -2.28. The topological polar surface area (TPSA) is 72.2 Å². The summed E-state index contributed by atoms with van der Waals surface area (Å²) in [5.74, 6) is -0.676. The zero-order valence-electron chi connectivity index (χ0n) is 10.4. The molecule has 104 valence electrons. The van der Waals surface area contributed by atoms with Crippen LogP contribution in [0.5, 0.6) is 0 Å². The molecule has 1 aromatic carbocycles. The minimum absolute atomic E-state index is 0.0650. The summed E-state index contributed by atoms with van der Waals surface area (Å²) in [4.78, 5) is 21.6. The molecule has 0 aromatic heterocycles. The van der Waals surface area contributed by atoms with Crippen LogP contribution in [0, 0.1) is 21.8 Å². The number of non-ortho nitro benzene ring substituents is 1. The first kappa shape index (κ1) is 15.4. The van der Waals surface area contributed by atoms with Crippen LogP contribution < -0.4 is 5.32 Å². The van der Waals surface area contributed by atoms with Gasteiger partial charge in [0.1, 0.15) is 5.82 Å². The smallest absolute Gasteiger partial charge is 0.273 e. The summed E-state index contributed by atoms with van der Waals surface area (Å²) in [6, 6.07) is 2.78. The lowest BCUT2D eigenvalue weighted by atomic mass is 10.1. The van der Waals surface area contributed by atoms with Crippen molar-refractivity contribution in [3.05, 3.63) is 39.7 Å². The average molecular weight is 289 g/mol. The molecule has 19 heavy (non-hydrogen) atoms. The van der Waals surface area contributed by atoms with Crippen LogP contribution in [-0.2, 0) is 0 Å². The second kappa shape index (κ2) is 7.04. The number of rotatable bonds is 6. The van der Waals surface area contributed by atoms with Crippen molar-refractivity contribution in [3.63, 3.8) is 0 Å². The number of alkyl halides is 1. The van der Waals surface area contributed by atoms with Gasteiger partial charge in [-0.15, -0.1) is 11.6 Å². The molecule has 7 heteroatoms. The van der Waals surface area contributed by atoms with Crippen LogP contribution in [0.1, 0.15) is 23.7 Å². The van der Waals surface area contributed by atoms with Gasteiger partial charge in [0.25, 0.3) is 11.6 Å². The van der Waals surface area contributed by atoms with Crippen molar-refractivity contribution in [3.8, 4) is 0 Å². The number of carbonyl (C=O) groups is 1. The van der Waals surface area contributed by atoms with Crippen LogP contribution in [-0.4, -0.2) is 23.3 Å². The third-order valence-electron chi connectivity index (χ3n) is 2.57. The maximum Gasteiger partial charge on any atom is 0.273 e. The van der Waals surface area contributed by atoms with E-state index in [0.717, 1.165) is 24.6 Å². The summed E-state index contributed by atoms with van der Waals surface area (Å²) in [6.07, 6.45) is 0.741. The van der Waals surface area contributed by atoms with Crippen LogP contribution in [0.2, 0.25) is 0 Å². The normalized spacial score (nSPS) is 11.9. The van der Waals surface area contributed by atoms with Crippen LogP contribution >= 0.6 is 11.6 Å². The summed E-state index contributed by atoms with van der Waals surface area (Å²) < 4.78 is 13.2. The molecule has 0 saturated carbocycles. The maximum absolute atomic E-state index is 13.2. The number of halogens is 2. The van der Waals surface area contributed by atoms with Crippen LogP contribution in [0.25, 0.3) is 0 Å². The van der Waals surface area contributed by atoms with Crippen molar-refractivity contribution in [1.82, 2.24) is 5.32 Å². The summed E-state index contributed by atoms with van der Waals surface area (Å²) in [5.41, 5.74) is -0.510. The predicted octanol–water partition coefficient (Wildman–Crippen LogP) is 2.73. The first-order valence-electron chi connectivity index (χ1n) is 5.73. The molecule has 0 aliphatic carbocycles. The number of hydrogen-bond acceptors (Lipinski definition) is 3. The summed E-state index contributed by atoms with van der Waals surface area (Å²) in [5, 5.41) is 13.2. The Morgan fingerprint density at radius 2 is 2.21 bits per heavy atom. The number of amides is 1. The van der Waals surface area contributed by atoms with Gasteiger partial charge in [0, 0.05) is 24.1 Å². The maximum atomic E-state index is 13.2. The molecule has 0 saturated heterocycles. The van der Waals surface area contributed by atoms with Crippen LogP contribution in [0.15, 0.2) is 18.2 Å². The van der Waals surface area contributed by atoms with Crippen molar-refractivity contribution < 1.29 is 14.1 Å². The molecule has 1 atom stereocenters. The first-order valence-corrected chi connectivity index (χ1v) is 6.26. The highest BCUT2D eigenvalue weighted by Gasteiger charge is 2.15. The molecule has 0 radical (unpaired) electrons. The van der Waals surface area contributed by atoms with E-state index in [4.69, 9.17) is 11.6 Å². The molecule has 1 amide bonds. The SMILES string of the molecule is CC(CCCl)CNC(=O)c1cc(F)cc([N+](=O)[O-])c1. The van der Waals surface area contributed by atoms with Crippen molar-refractivity contribution >= 4 is 23.2 Å². The molecule has 0 spiro atoms. The Morgan fingerprint density at radius 3 is 2.79 bits per heavy atom. The van der Waals surface area contributed by atoms with Gasteiger partial charge in [0.05, 0.1) is 11.0 Å². The van der Waals surface area contributed by atoms with Gasteiger partial charge in [-0.05, 0) is 18.4 Å². The number of benzene rings is 1. The molecule has 0 aliphatic heterocycles. The number of nitro benzene ring substituents is 1. The van der Waals surface area contributed by atoms with Gasteiger partial charge in [-0.3, -0.25) is 14.9 Å². The van der Waals surface area contributed by atoms with Crippen molar-refractivity contribution in [2.75, 3.05) is 12.4 Å². The fraction of sp³-hybridized carbons (Fsp3) is 0.417. The van der Waals surface area contributed by atoms with E-state index in [-0.39, 0.29) is 11.5 Å². The molecular weight excluding hydrogens is 275 g/mol. The fourth-order valence-electron chi connectivity index (χ4n) is 1.47. The monoisotopic (exact) mass is 288 g/mol. The van der Waals surface area contributed by atoms with Crippen molar-refractivity contribution in [2.24, 2.45) is 5.92 Å². The minimum atomic E-state index is -0.812. The van der Waals surface area contributed by atoms with E-state index in [1.165, 1.54) is 0 Å². The van der Waals surface area contributed by atoms with Crippen molar-refractivity contribution in [2.45, 2.75) is 13.3 Å². The molecule has 0 heterocycles. The van der Waals surface area contributed by atoms with E-state index in [1.807, 2.05) is 6.92 Å². The Labute approximate surface area is 114 Å². The number of hydrogen-bond donors (Lipinski definition) is 1. The minimum Gasteiger partial charge on any atom is -0.352 e. The van der Waals surface area contributed by atoms with Gasteiger partial charge < -0.3 is 5.32 Å². The van der Waals surface area contributed by atoms with E-state index < -0.39 is 22.3 Å². The number of nitrogens with zero attached hydrogens (tertiary/aromatic N) is 1. The average Bonchev–Trinajstić information content (AvgIpc) is 2.35. The lowest BCUT2D eigenvalue weighted by Gasteiger charge is -2.11. The summed E-state index contributed by atoms with van der Waals surface area (Å²) in [7, 11) is 0. The molecule has 1 N–H and O–H groups in total. The molecule has 1 aromatic rings. The van der Waals surface area contributed by atoms with E-state index in [1.54, 1.807) is 0 Å². The van der Waals surface area contributed by atoms with Crippen LogP contribution in [0.3, 0.4) is 0 Å². The number of carbonyl (C=O) groups excluding carboxylic acids is 1. The third kappa shape index (κ3) is 4.82. The highest BCUT2D eigenvalue weighted by molar-refractivity contribution is 6.17. The fourth-order valence-corrected chi connectivity index (χ4v) is 1.84. The molecule has 0 aliphatic rings. The predicted molar refractivity (Wildman–Crippen MR) is 69.9 cm³/mol. The van der Waals surface area contributed by atoms with Crippen LogP contribution in [0.4, 0.5) is 10.1 Å². The Kier molecular flexibility index (Phi) is 5.69. The Morgan fingerprint density at radius 1 is 1.53 bits per heavy atom. The van der Waals surface area contributed by atoms with Gasteiger partial charge >= 0.3 is 0 Å². The van der Waals surface area contributed by atoms with Gasteiger partial charge in [0.15, 0.2) is 0 Å². The van der Waals surface area contributed by atoms with E-state index >= 15 is 0 Å². The Hall–Kier alpha value is -1.69. The molecular formula is C12H14ClFN2O3. The summed E-state index contributed by atoms with van der Waals surface area (Å²) in [6.45, 7) is 2.30. The zero-order valence-corrected chi connectivity index (χ0v) is 11.1. The first-order chi connectivity index (χ1) is 8.93. The second-order valence-electron chi connectivity index (χ2n) is 4.25. The molecule has 5 nitrogen and oxygen atoms in total. The molecule has 0 fully saturated rings. The molecule has 1 rings (SSSR count). The Bertz CT molecular complexity index is 482. The quantitative estimate of drug-likeness (QED) is 0.497. The van der Waals surface area contributed by atoms with Gasteiger partial charge in [-0.1, -0.05) is 6.92 Å². The zero-order chi connectivity index (χ0) is 14.4. The largest absolute Gasteiger partial charge is 0.352 e. The molecule has 1 unspecified atom stereocenters. The van der Waals surface area contributed by atoms with Crippen molar-refractivity contribution in [1.29, 1.82) is 0 Å². The molecule has 0 bridgehead atoms. The van der Waals surface area contributed by atoms with E-state index in [9.17, 15) is 19.3 Å². The lowest BCUT2D eigenvalue weighted by molar-refractivity contribution is -0.385. The highest BCUT2D eigenvalue weighted by Crippen LogP contribution is 2.16. The van der Waals surface area contributed by atoms with E-state index in [2.05, 4.69) is 5.32 Å².